The first kappa shape index (κ1) is 13.6. The van der Waals surface area contributed by atoms with Crippen LogP contribution in [-0.4, -0.2) is 13.0 Å². The fourth-order valence-corrected chi connectivity index (χ4v) is 2.19. The molecule has 1 aromatic carbocycles. The van der Waals surface area contributed by atoms with E-state index in [1.165, 1.54) is 0 Å². The molecule has 0 bridgehead atoms. The number of hydrogen-bond donors (Lipinski definition) is 1. The van der Waals surface area contributed by atoms with E-state index in [9.17, 15) is 9.18 Å². The van der Waals surface area contributed by atoms with Crippen molar-refractivity contribution < 1.29 is 13.9 Å². The molecular formula is C15H18FNO2. The van der Waals surface area contributed by atoms with Gasteiger partial charge in [0.2, 0.25) is 0 Å². The molecule has 4 heteroatoms. The number of benzene rings is 1. The predicted molar refractivity (Wildman–Crippen MR) is 71.4 cm³/mol. The highest BCUT2D eigenvalue weighted by atomic mass is 19.1. The first-order chi connectivity index (χ1) is 9.20. The van der Waals surface area contributed by atoms with E-state index in [0.717, 1.165) is 24.2 Å². The van der Waals surface area contributed by atoms with Gasteiger partial charge in [-0.3, -0.25) is 4.79 Å². The second kappa shape index (κ2) is 6.36. The molecule has 0 heterocycles. The van der Waals surface area contributed by atoms with Crippen LogP contribution in [0.3, 0.4) is 0 Å². The second-order valence-corrected chi connectivity index (χ2v) is 4.66. The number of ether oxygens (including phenoxy) is 1. The molecule has 1 saturated carbocycles. The molecule has 1 aliphatic rings. The molecule has 0 radical (unpaired) electrons. The zero-order valence-corrected chi connectivity index (χ0v) is 11.0. The molecule has 102 valence electrons. The van der Waals surface area contributed by atoms with Crippen molar-refractivity contribution in [3.63, 3.8) is 0 Å². The summed E-state index contributed by atoms with van der Waals surface area (Å²) < 4.78 is 18.8. The van der Waals surface area contributed by atoms with Gasteiger partial charge in [-0.1, -0.05) is 12.1 Å². The van der Waals surface area contributed by atoms with E-state index in [-0.39, 0.29) is 0 Å². The summed E-state index contributed by atoms with van der Waals surface area (Å²) in [7, 11) is 1.60. The smallest absolute Gasteiger partial charge is 0.280 e. The number of rotatable bonds is 4. The van der Waals surface area contributed by atoms with Crippen molar-refractivity contribution in [1.29, 1.82) is 0 Å². The van der Waals surface area contributed by atoms with Crippen LogP contribution in [0.2, 0.25) is 0 Å². The van der Waals surface area contributed by atoms with Crippen LogP contribution in [-0.2, 0) is 11.3 Å². The summed E-state index contributed by atoms with van der Waals surface area (Å²) in [5, 5.41) is 2.60. The maximum Gasteiger partial charge on any atom is 0.280 e. The van der Waals surface area contributed by atoms with Gasteiger partial charge in [0.25, 0.3) is 5.91 Å². The normalized spacial score (nSPS) is 14.3. The first-order valence-corrected chi connectivity index (χ1v) is 6.49. The molecule has 0 aliphatic heterocycles. The number of nitrogens with one attached hydrogen (secondary N) is 1. The molecule has 1 aliphatic carbocycles. The van der Waals surface area contributed by atoms with Crippen LogP contribution in [0.4, 0.5) is 4.39 Å². The Morgan fingerprint density at radius 2 is 1.89 bits per heavy atom. The summed E-state index contributed by atoms with van der Waals surface area (Å²) in [6.07, 6.45) is 3.38. The zero-order chi connectivity index (χ0) is 13.7. The third kappa shape index (κ3) is 3.56. The Morgan fingerprint density at radius 1 is 1.26 bits per heavy atom. The van der Waals surface area contributed by atoms with Crippen LogP contribution in [0.5, 0.6) is 5.75 Å². The van der Waals surface area contributed by atoms with Gasteiger partial charge < -0.3 is 10.1 Å². The van der Waals surface area contributed by atoms with Crippen molar-refractivity contribution in [3.05, 3.63) is 41.2 Å². The molecule has 0 aromatic heterocycles. The maximum atomic E-state index is 13.8. The zero-order valence-electron chi connectivity index (χ0n) is 11.0. The number of halogens is 1. The highest BCUT2D eigenvalue weighted by Gasteiger charge is 2.18. The fourth-order valence-electron chi connectivity index (χ4n) is 2.19. The summed E-state index contributed by atoms with van der Waals surface area (Å²) in [4.78, 5) is 11.7. The van der Waals surface area contributed by atoms with Gasteiger partial charge in [-0.2, -0.15) is 0 Å². The lowest BCUT2D eigenvalue weighted by Gasteiger charge is -2.06. The predicted octanol–water partition coefficient (Wildman–Crippen LogP) is 3.11. The summed E-state index contributed by atoms with van der Waals surface area (Å²) in [6.45, 7) is 0.323. The van der Waals surface area contributed by atoms with E-state index >= 15 is 0 Å². The van der Waals surface area contributed by atoms with Crippen LogP contribution in [0.15, 0.2) is 35.7 Å². The lowest BCUT2D eigenvalue weighted by Crippen LogP contribution is -2.23. The number of allylic oxidation sites excluding steroid dienone is 1. The summed E-state index contributed by atoms with van der Waals surface area (Å²) >= 11 is 0. The number of carbonyl (C=O) groups excluding carboxylic acids is 1. The third-order valence-corrected chi connectivity index (χ3v) is 3.33. The van der Waals surface area contributed by atoms with Gasteiger partial charge in [-0.05, 0) is 49.0 Å². The largest absolute Gasteiger partial charge is 0.497 e. The van der Waals surface area contributed by atoms with Crippen molar-refractivity contribution in [2.24, 2.45) is 0 Å². The molecule has 1 amide bonds. The molecule has 1 N–H and O–H groups in total. The van der Waals surface area contributed by atoms with Crippen molar-refractivity contribution in [2.75, 3.05) is 7.11 Å². The second-order valence-electron chi connectivity index (χ2n) is 4.66. The van der Waals surface area contributed by atoms with Gasteiger partial charge in [-0.15, -0.1) is 0 Å². The number of amides is 1. The van der Waals surface area contributed by atoms with Crippen LogP contribution in [0.1, 0.15) is 31.2 Å². The van der Waals surface area contributed by atoms with E-state index in [1.807, 2.05) is 24.3 Å². The van der Waals surface area contributed by atoms with Gasteiger partial charge in [0.15, 0.2) is 5.83 Å². The topological polar surface area (TPSA) is 38.3 Å². The molecule has 0 atom stereocenters. The van der Waals surface area contributed by atoms with Gasteiger partial charge in [-0.25, -0.2) is 4.39 Å². The Hall–Kier alpha value is -1.84. The molecule has 0 unspecified atom stereocenters. The van der Waals surface area contributed by atoms with Crippen LogP contribution >= 0.6 is 0 Å². The average Bonchev–Trinajstić information content (AvgIpc) is 2.98. The average molecular weight is 263 g/mol. The van der Waals surface area contributed by atoms with Crippen LogP contribution in [0.25, 0.3) is 0 Å². The standard InChI is InChI=1S/C15H18FNO2/c1-19-13-8-6-11(7-9-13)10-17-15(18)14(16)12-4-2-3-5-12/h6-9H,2-5,10H2,1H3,(H,17,18). The number of methoxy groups -OCH3 is 1. The Kier molecular flexibility index (Phi) is 4.55. The molecule has 1 fully saturated rings. The van der Waals surface area contributed by atoms with E-state index in [2.05, 4.69) is 5.32 Å². The molecule has 19 heavy (non-hydrogen) atoms. The van der Waals surface area contributed by atoms with Crippen molar-refractivity contribution in [3.8, 4) is 5.75 Å². The van der Waals surface area contributed by atoms with Gasteiger partial charge >= 0.3 is 0 Å². The quantitative estimate of drug-likeness (QED) is 0.848. The van der Waals surface area contributed by atoms with Gasteiger partial charge in [0, 0.05) is 6.54 Å². The van der Waals surface area contributed by atoms with E-state index in [1.54, 1.807) is 7.11 Å². The lowest BCUT2D eigenvalue weighted by molar-refractivity contribution is -0.119. The minimum absolute atomic E-state index is 0.323. The third-order valence-electron chi connectivity index (χ3n) is 3.33. The van der Waals surface area contributed by atoms with E-state index in [4.69, 9.17) is 4.74 Å². The number of carbonyl (C=O) groups is 1. The van der Waals surface area contributed by atoms with Gasteiger partial charge in [0.05, 0.1) is 7.11 Å². The summed E-state index contributed by atoms with van der Waals surface area (Å²) in [5.74, 6) is -0.437. The highest BCUT2D eigenvalue weighted by molar-refractivity contribution is 5.91. The van der Waals surface area contributed by atoms with Crippen molar-refractivity contribution in [1.82, 2.24) is 5.32 Å². The Morgan fingerprint density at radius 3 is 2.47 bits per heavy atom. The van der Waals surface area contributed by atoms with Crippen LogP contribution < -0.4 is 10.1 Å². The molecule has 3 nitrogen and oxygen atoms in total. The Balaban J connectivity index is 1.90. The van der Waals surface area contributed by atoms with Crippen LogP contribution in [0, 0.1) is 0 Å². The Bertz CT molecular complexity index is 471. The maximum absolute atomic E-state index is 13.8. The Labute approximate surface area is 112 Å². The first-order valence-electron chi connectivity index (χ1n) is 6.49. The molecule has 1 aromatic rings. The molecular weight excluding hydrogens is 245 g/mol. The minimum Gasteiger partial charge on any atom is -0.497 e. The summed E-state index contributed by atoms with van der Waals surface area (Å²) in [6, 6.07) is 7.32. The fraction of sp³-hybridized carbons (Fsp3) is 0.400. The summed E-state index contributed by atoms with van der Waals surface area (Å²) in [5.41, 5.74) is 1.57. The monoisotopic (exact) mass is 263 g/mol. The van der Waals surface area contributed by atoms with Crippen molar-refractivity contribution in [2.45, 2.75) is 32.2 Å². The molecule has 0 saturated heterocycles. The molecule has 0 spiro atoms. The highest BCUT2D eigenvalue weighted by Crippen LogP contribution is 2.27. The number of hydrogen-bond acceptors (Lipinski definition) is 2. The van der Waals surface area contributed by atoms with Crippen molar-refractivity contribution >= 4 is 5.91 Å². The molecule has 2 rings (SSSR count). The van der Waals surface area contributed by atoms with E-state index < -0.39 is 11.7 Å². The van der Waals surface area contributed by atoms with Gasteiger partial charge in [0.1, 0.15) is 5.75 Å². The SMILES string of the molecule is COc1ccc(CNC(=O)C(F)=C2CCCC2)cc1. The minimum atomic E-state index is -0.604. The lowest BCUT2D eigenvalue weighted by atomic mass is 10.2. The van der Waals surface area contributed by atoms with E-state index in [0.29, 0.717) is 25.0 Å².